The molecule has 3 rings (SSSR count). The lowest BCUT2D eigenvalue weighted by Gasteiger charge is -2.27. The highest BCUT2D eigenvalue weighted by molar-refractivity contribution is 5.87. The van der Waals surface area contributed by atoms with Crippen molar-refractivity contribution in [3.8, 4) is 0 Å². The van der Waals surface area contributed by atoms with E-state index >= 15 is 0 Å². The van der Waals surface area contributed by atoms with E-state index in [-0.39, 0.29) is 0 Å². The lowest BCUT2D eigenvalue weighted by Crippen LogP contribution is -2.42. The minimum absolute atomic E-state index is 0.569. The zero-order chi connectivity index (χ0) is 14.7. The quantitative estimate of drug-likeness (QED) is 0.896. The Kier molecular flexibility index (Phi) is 4.31. The third-order valence-electron chi connectivity index (χ3n) is 4.03. The average molecular weight is 285 g/mol. The van der Waals surface area contributed by atoms with Gasteiger partial charge in [-0.3, -0.25) is 4.90 Å². The Balaban J connectivity index is 1.69. The van der Waals surface area contributed by atoms with E-state index in [1.54, 1.807) is 0 Å². The molecule has 1 aromatic heterocycles. The molecule has 0 saturated carbocycles. The zero-order valence-corrected chi connectivity index (χ0v) is 12.5. The smallest absolute Gasteiger partial charge is 0.145 e. The molecule has 0 spiro atoms. The molecule has 5 nitrogen and oxygen atoms in total. The molecule has 0 amide bonds. The molecule has 1 aliphatic rings. The van der Waals surface area contributed by atoms with Crippen LogP contribution in [0.3, 0.4) is 0 Å². The van der Waals surface area contributed by atoms with Crippen LogP contribution in [-0.4, -0.2) is 41.0 Å². The number of rotatable bonds is 4. The maximum atomic E-state index is 6.04. The van der Waals surface area contributed by atoms with Crippen molar-refractivity contribution in [3.63, 3.8) is 0 Å². The van der Waals surface area contributed by atoms with E-state index in [9.17, 15) is 0 Å². The normalized spacial score (nSPS) is 19.2. The molecule has 21 heavy (non-hydrogen) atoms. The largest absolute Gasteiger partial charge is 0.383 e. The van der Waals surface area contributed by atoms with Gasteiger partial charge in [0.15, 0.2) is 0 Å². The molecule has 2 heterocycles. The van der Waals surface area contributed by atoms with Crippen molar-refractivity contribution in [3.05, 3.63) is 30.1 Å². The number of piperidine rings is 1. The van der Waals surface area contributed by atoms with Crippen molar-refractivity contribution >= 4 is 16.7 Å². The Morgan fingerprint density at radius 1 is 1.29 bits per heavy atom. The number of anilines is 1. The Hall–Kier alpha value is -1.72. The SMILES string of the molecule is CN(Cc1nc(N)c2ccccc2n1)CC1CCCCN1. The summed E-state index contributed by atoms with van der Waals surface area (Å²) in [7, 11) is 2.12. The summed E-state index contributed by atoms with van der Waals surface area (Å²) in [6.07, 6.45) is 3.88. The molecule has 0 radical (unpaired) electrons. The molecule has 1 unspecified atom stereocenters. The predicted octanol–water partition coefficient (Wildman–Crippen LogP) is 1.79. The van der Waals surface area contributed by atoms with E-state index in [1.807, 2.05) is 24.3 Å². The van der Waals surface area contributed by atoms with E-state index in [2.05, 4.69) is 27.2 Å². The molecule has 2 aromatic rings. The van der Waals surface area contributed by atoms with Gasteiger partial charge in [0.2, 0.25) is 0 Å². The first-order valence-corrected chi connectivity index (χ1v) is 7.65. The predicted molar refractivity (Wildman–Crippen MR) is 85.9 cm³/mol. The van der Waals surface area contributed by atoms with E-state index in [0.717, 1.165) is 36.4 Å². The highest BCUT2D eigenvalue weighted by atomic mass is 15.2. The van der Waals surface area contributed by atoms with Gasteiger partial charge < -0.3 is 11.1 Å². The van der Waals surface area contributed by atoms with Gasteiger partial charge in [-0.1, -0.05) is 18.6 Å². The monoisotopic (exact) mass is 285 g/mol. The number of hydrogen-bond donors (Lipinski definition) is 2. The van der Waals surface area contributed by atoms with Crippen molar-refractivity contribution < 1.29 is 0 Å². The van der Waals surface area contributed by atoms with Gasteiger partial charge in [-0.05, 0) is 38.6 Å². The van der Waals surface area contributed by atoms with Crippen LogP contribution in [0.2, 0.25) is 0 Å². The highest BCUT2D eigenvalue weighted by Gasteiger charge is 2.15. The highest BCUT2D eigenvalue weighted by Crippen LogP contribution is 2.17. The fraction of sp³-hybridized carbons (Fsp3) is 0.500. The standard InChI is InChI=1S/C16H23N5/c1-21(10-12-6-4-5-9-18-12)11-15-19-14-8-3-2-7-13(14)16(17)20-15/h2-3,7-8,12,18H,4-6,9-11H2,1H3,(H2,17,19,20). The molecule has 0 aliphatic carbocycles. The van der Waals surface area contributed by atoms with E-state index in [0.29, 0.717) is 11.9 Å². The first-order chi connectivity index (χ1) is 10.2. The number of nitrogens with one attached hydrogen (secondary N) is 1. The van der Waals surface area contributed by atoms with Gasteiger partial charge in [-0.25, -0.2) is 9.97 Å². The number of nitrogens with zero attached hydrogens (tertiary/aromatic N) is 3. The van der Waals surface area contributed by atoms with Gasteiger partial charge in [0.05, 0.1) is 12.1 Å². The number of nitrogen functional groups attached to an aromatic ring is 1. The van der Waals surface area contributed by atoms with Crippen molar-refractivity contribution in [2.75, 3.05) is 25.9 Å². The summed E-state index contributed by atoms with van der Waals surface area (Å²) in [6.45, 7) is 2.89. The van der Waals surface area contributed by atoms with Crippen molar-refractivity contribution in [1.82, 2.24) is 20.2 Å². The summed E-state index contributed by atoms with van der Waals surface area (Å²) in [5, 5.41) is 4.50. The van der Waals surface area contributed by atoms with E-state index in [1.165, 1.54) is 19.3 Å². The number of nitrogens with two attached hydrogens (primary N) is 1. The number of aromatic nitrogens is 2. The van der Waals surface area contributed by atoms with Gasteiger partial charge in [0, 0.05) is 18.0 Å². The van der Waals surface area contributed by atoms with Crippen LogP contribution in [0.1, 0.15) is 25.1 Å². The van der Waals surface area contributed by atoms with Gasteiger partial charge in [-0.15, -0.1) is 0 Å². The summed E-state index contributed by atoms with van der Waals surface area (Å²) >= 11 is 0. The molecule has 1 aromatic carbocycles. The molecular weight excluding hydrogens is 262 g/mol. The maximum absolute atomic E-state index is 6.04. The van der Waals surface area contributed by atoms with Crippen LogP contribution in [-0.2, 0) is 6.54 Å². The lowest BCUT2D eigenvalue weighted by atomic mass is 10.0. The second-order valence-corrected chi connectivity index (χ2v) is 5.89. The fourth-order valence-electron chi connectivity index (χ4n) is 2.98. The van der Waals surface area contributed by atoms with Crippen LogP contribution >= 0.6 is 0 Å². The van der Waals surface area contributed by atoms with Crippen molar-refractivity contribution in [2.24, 2.45) is 0 Å². The summed E-state index contributed by atoms with van der Waals surface area (Å²) in [6, 6.07) is 8.47. The fourth-order valence-corrected chi connectivity index (χ4v) is 2.98. The van der Waals surface area contributed by atoms with Crippen molar-refractivity contribution in [2.45, 2.75) is 31.8 Å². The molecule has 1 atom stereocenters. The molecule has 3 N–H and O–H groups in total. The second kappa shape index (κ2) is 6.37. The minimum Gasteiger partial charge on any atom is -0.383 e. The summed E-state index contributed by atoms with van der Waals surface area (Å²) in [4.78, 5) is 11.3. The maximum Gasteiger partial charge on any atom is 0.145 e. The molecular formula is C16H23N5. The number of para-hydroxylation sites is 1. The van der Waals surface area contributed by atoms with E-state index in [4.69, 9.17) is 5.73 Å². The van der Waals surface area contributed by atoms with Crippen LogP contribution in [0.25, 0.3) is 10.9 Å². The number of fused-ring (bicyclic) bond motifs is 1. The van der Waals surface area contributed by atoms with Gasteiger partial charge >= 0.3 is 0 Å². The molecule has 1 fully saturated rings. The first-order valence-electron chi connectivity index (χ1n) is 7.65. The van der Waals surface area contributed by atoms with Crippen LogP contribution < -0.4 is 11.1 Å². The van der Waals surface area contributed by atoms with Crippen LogP contribution in [0.4, 0.5) is 5.82 Å². The Bertz CT molecular complexity index is 607. The zero-order valence-electron chi connectivity index (χ0n) is 12.5. The lowest BCUT2D eigenvalue weighted by molar-refractivity contribution is 0.252. The van der Waals surface area contributed by atoms with Gasteiger partial charge in [0.1, 0.15) is 11.6 Å². The van der Waals surface area contributed by atoms with Crippen LogP contribution in [0, 0.1) is 0 Å². The number of benzene rings is 1. The van der Waals surface area contributed by atoms with Gasteiger partial charge in [-0.2, -0.15) is 0 Å². The first kappa shape index (κ1) is 14.2. The number of likely N-dealkylation sites (N-methyl/N-ethyl adjacent to an activating group) is 1. The minimum atomic E-state index is 0.569. The average Bonchev–Trinajstić information content (AvgIpc) is 2.48. The third-order valence-corrected chi connectivity index (χ3v) is 4.03. The van der Waals surface area contributed by atoms with Gasteiger partial charge in [0.25, 0.3) is 0 Å². The topological polar surface area (TPSA) is 67.1 Å². The summed E-state index contributed by atoms with van der Waals surface area (Å²) in [5.74, 6) is 1.37. The Morgan fingerprint density at radius 3 is 2.95 bits per heavy atom. The molecule has 112 valence electrons. The second-order valence-electron chi connectivity index (χ2n) is 5.89. The molecule has 1 saturated heterocycles. The van der Waals surface area contributed by atoms with E-state index < -0.39 is 0 Å². The summed E-state index contributed by atoms with van der Waals surface area (Å²) < 4.78 is 0. The summed E-state index contributed by atoms with van der Waals surface area (Å²) in [5.41, 5.74) is 6.96. The Labute approximate surface area is 125 Å². The van der Waals surface area contributed by atoms with Crippen molar-refractivity contribution in [1.29, 1.82) is 0 Å². The van der Waals surface area contributed by atoms with Crippen LogP contribution in [0.15, 0.2) is 24.3 Å². The Morgan fingerprint density at radius 2 is 2.14 bits per heavy atom. The molecule has 1 aliphatic heterocycles. The number of hydrogen-bond acceptors (Lipinski definition) is 5. The van der Waals surface area contributed by atoms with Crippen LogP contribution in [0.5, 0.6) is 0 Å². The molecule has 0 bridgehead atoms. The molecule has 5 heteroatoms. The third kappa shape index (κ3) is 3.49.